The van der Waals surface area contributed by atoms with Gasteiger partial charge in [-0.05, 0) is 6.07 Å². The van der Waals surface area contributed by atoms with Crippen LogP contribution in [-0.2, 0) is 17.4 Å². The normalized spacial score (nSPS) is 11.5. The molecule has 0 radical (unpaired) electrons. The third-order valence-electron chi connectivity index (χ3n) is 1.56. The van der Waals surface area contributed by atoms with Crippen LogP contribution in [0.3, 0.4) is 0 Å². The van der Waals surface area contributed by atoms with Gasteiger partial charge >= 0.3 is 12.1 Å². The Morgan fingerprint density at radius 1 is 1.40 bits per heavy atom. The van der Waals surface area contributed by atoms with Crippen molar-refractivity contribution in [1.29, 1.82) is 0 Å². The van der Waals surface area contributed by atoms with Crippen molar-refractivity contribution >= 4 is 5.97 Å². The van der Waals surface area contributed by atoms with E-state index in [0.29, 0.717) is 6.07 Å². The third-order valence-corrected chi connectivity index (χ3v) is 1.56. The topological polar surface area (TPSA) is 50.2 Å². The van der Waals surface area contributed by atoms with Gasteiger partial charge in [-0.1, -0.05) is 6.07 Å². The van der Waals surface area contributed by atoms with E-state index >= 15 is 0 Å². The van der Waals surface area contributed by atoms with Crippen molar-refractivity contribution in [1.82, 2.24) is 4.98 Å². The summed E-state index contributed by atoms with van der Waals surface area (Å²) in [5, 5.41) is 8.30. The number of aromatic nitrogens is 1. The van der Waals surface area contributed by atoms with Gasteiger partial charge in [0.15, 0.2) is 0 Å². The van der Waals surface area contributed by atoms with Crippen LogP contribution in [0.2, 0.25) is 0 Å². The predicted octanol–water partition coefficient (Wildman–Crippen LogP) is 1.87. The van der Waals surface area contributed by atoms with Gasteiger partial charge in [0.1, 0.15) is 5.69 Å². The van der Waals surface area contributed by atoms with Crippen LogP contribution in [0.4, 0.5) is 17.6 Å². The number of carboxylic acids is 1. The van der Waals surface area contributed by atoms with Gasteiger partial charge in [-0.3, -0.25) is 4.79 Å². The summed E-state index contributed by atoms with van der Waals surface area (Å²) in [4.78, 5) is 12.8. The minimum absolute atomic E-state index is 0.379. The van der Waals surface area contributed by atoms with Crippen molar-refractivity contribution in [3.05, 3.63) is 29.3 Å². The van der Waals surface area contributed by atoms with Gasteiger partial charge in [0.2, 0.25) is 5.95 Å². The number of nitrogens with zero attached hydrogens (tertiary/aromatic N) is 1. The first-order chi connectivity index (χ1) is 6.80. The molecule has 15 heavy (non-hydrogen) atoms. The molecule has 1 aromatic rings. The second-order valence-electron chi connectivity index (χ2n) is 2.71. The lowest BCUT2D eigenvalue weighted by Gasteiger charge is -2.06. The minimum atomic E-state index is -4.73. The molecule has 0 amide bonds. The van der Waals surface area contributed by atoms with E-state index in [9.17, 15) is 22.4 Å². The lowest BCUT2D eigenvalue weighted by molar-refractivity contribution is -0.141. The van der Waals surface area contributed by atoms with Gasteiger partial charge in [-0.25, -0.2) is 4.98 Å². The van der Waals surface area contributed by atoms with Crippen LogP contribution in [-0.4, -0.2) is 16.1 Å². The zero-order valence-electron chi connectivity index (χ0n) is 7.18. The molecule has 1 aromatic heterocycles. The Morgan fingerprint density at radius 2 is 2.00 bits per heavy atom. The van der Waals surface area contributed by atoms with Crippen LogP contribution in [0.25, 0.3) is 0 Å². The first-order valence-corrected chi connectivity index (χ1v) is 3.75. The van der Waals surface area contributed by atoms with Gasteiger partial charge in [0, 0.05) is 5.56 Å². The molecule has 1 N–H and O–H groups in total. The Labute approximate surface area is 81.4 Å². The summed E-state index contributed by atoms with van der Waals surface area (Å²) in [6, 6.07) is 1.31. The maximum Gasteiger partial charge on any atom is 0.433 e. The van der Waals surface area contributed by atoms with Crippen molar-refractivity contribution in [2.45, 2.75) is 12.6 Å². The molecule has 0 saturated carbocycles. The zero-order chi connectivity index (χ0) is 11.6. The number of carbonyl (C=O) groups is 1. The number of aliphatic carboxylic acids is 1. The number of alkyl halides is 3. The average Bonchev–Trinajstić information content (AvgIpc) is 2.05. The minimum Gasteiger partial charge on any atom is -0.481 e. The van der Waals surface area contributed by atoms with E-state index in [4.69, 9.17) is 5.11 Å². The van der Waals surface area contributed by atoms with E-state index in [1.165, 1.54) is 0 Å². The number of pyridine rings is 1. The van der Waals surface area contributed by atoms with Gasteiger partial charge in [0.25, 0.3) is 0 Å². The van der Waals surface area contributed by atoms with E-state index in [2.05, 4.69) is 4.98 Å². The van der Waals surface area contributed by atoms with E-state index in [1.54, 1.807) is 0 Å². The van der Waals surface area contributed by atoms with Crippen LogP contribution in [0, 0.1) is 5.95 Å². The molecular formula is C8H5F4NO2. The second kappa shape index (κ2) is 3.84. The molecule has 0 aliphatic rings. The van der Waals surface area contributed by atoms with Crippen LogP contribution >= 0.6 is 0 Å². The van der Waals surface area contributed by atoms with Gasteiger partial charge in [-0.2, -0.15) is 17.6 Å². The Balaban J connectivity index is 3.03. The van der Waals surface area contributed by atoms with E-state index < -0.39 is 30.2 Å². The Bertz CT molecular complexity index is 389. The summed E-state index contributed by atoms with van der Waals surface area (Å²) < 4.78 is 48.9. The number of halogens is 4. The third kappa shape index (κ3) is 2.90. The van der Waals surface area contributed by atoms with Crippen LogP contribution < -0.4 is 0 Å². The van der Waals surface area contributed by atoms with Crippen molar-refractivity contribution in [2.24, 2.45) is 0 Å². The molecule has 0 fully saturated rings. The highest BCUT2D eigenvalue weighted by molar-refractivity contribution is 5.70. The number of rotatable bonds is 2. The summed E-state index contributed by atoms with van der Waals surface area (Å²) in [6.07, 6.45) is -5.43. The summed E-state index contributed by atoms with van der Waals surface area (Å²) in [5.41, 5.74) is -1.76. The van der Waals surface area contributed by atoms with E-state index in [0.717, 1.165) is 6.07 Å². The highest BCUT2D eigenvalue weighted by Crippen LogP contribution is 2.27. The highest BCUT2D eigenvalue weighted by atomic mass is 19.4. The molecular weight excluding hydrogens is 218 g/mol. The summed E-state index contributed by atoms with van der Waals surface area (Å²) in [5.74, 6) is -2.75. The fraction of sp³-hybridized carbons (Fsp3) is 0.250. The molecule has 7 heteroatoms. The average molecular weight is 223 g/mol. The Kier molecular flexibility index (Phi) is 2.92. The van der Waals surface area contributed by atoms with Crippen molar-refractivity contribution < 1.29 is 27.5 Å². The summed E-state index contributed by atoms with van der Waals surface area (Å²) in [6.45, 7) is 0. The van der Waals surface area contributed by atoms with Gasteiger partial charge < -0.3 is 5.11 Å². The fourth-order valence-electron chi connectivity index (χ4n) is 0.916. The molecule has 1 heterocycles. The first kappa shape index (κ1) is 11.4. The maximum atomic E-state index is 12.9. The monoisotopic (exact) mass is 223 g/mol. The van der Waals surface area contributed by atoms with Crippen molar-refractivity contribution in [3.63, 3.8) is 0 Å². The molecule has 0 aliphatic carbocycles. The maximum absolute atomic E-state index is 12.9. The summed E-state index contributed by atoms with van der Waals surface area (Å²) in [7, 11) is 0. The fourth-order valence-corrected chi connectivity index (χ4v) is 0.916. The standard InChI is InChI=1S/C8H5F4NO2/c9-7-4(3-6(14)15)1-2-5(13-7)8(10,11)12/h1-2H,3H2,(H,14,15). The molecule has 0 atom stereocenters. The Hall–Kier alpha value is -1.66. The van der Waals surface area contributed by atoms with E-state index in [1.807, 2.05) is 0 Å². The largest absolute Gasteiger partial charge is 0.481 e. The molecule has 0 aromatic carbocycles. The molecule has 0 bridgehead atoms. The lowest BCUT2D eigenvalue weighted by Crippen LogP contribution is -2.11. The number of carboxylic acid groups (broad SMARTS) is 1. The SMILES string of the molecule is O=C(O)Cc1ccc(C(F)(F)F)nc1F. The van der Waals surface area contributed by atoms with Crippen LogP contribution in [0.15, 0.2) is 12.1 Å². The predicted molar refractivity (Wildman–Crippen MR) is 40.5 cm³/mol. The molecule has 0 spiro atoms. The molecule has 0 aliphatic heterocycles. The smallest absolute Gasteiger partial charge is 0.433 e. The van der Waals surface area contributed by atoms with Crippen LogP contribution in [0.5, 0.6) is 0 Å². The highest BCUT2D eigenvalue weighted by Gasteiger charge is 2.33. The first-order valence-electron chi connectivity index (χ1n) is 3.75. The van der Waals surface area contributed by atoms with Crippen molar-refractivity contribution in [2.75, 3.05) is 0 Å². The molecule has 1 rings (SSSR count). The lowest BCUT2D eigenvalue weighted by atomic mass is 10.2. The number of hydrogen-bond acceptors (Lipinski definition) is 2. The van der Waals surface area contributed by atoms with Gasteiger partial charge in [-0.15, -0.1) is 0 Å². The second-order valence-corrected chi connectivity index (χ2v) is 2.71. The quantitative estimate of drug-likeness (QED) is 0.615. The van der Waals surface area contributed by atoms with Gasteiger partial charge in [0.05, 0.1) is 6.42 Å². The molecule has 3 nitrogen and oxygen atoms in total. The van der Waals surface area contributed by atoms with Crippen LogP contribution in [0.1, 0.15) is 11.3 Å². The molecule has 0 unspecified atom stereocenters. The van der Waals surface area contributed by atoms with Crippen molar-refractivity contribution in [3.8, 4) is 0 Å². The number of hydrogen-bond donors (Lipinski definition) is 1. The molecule has 82 valence electrons. The van der Waals surface area contributed by atoms with E-state index in [-0.39, 0.29) is 5.56 Å². The Morgan fingerprint density at radius 3 is 2.40 bits per heavy atom. The zero-order valence-corrected chi connectivity index (χ0v) is 7.18. The summed E-state index contributed by atoms with van der Waals surface area (Å²) >= 11 is 0. The molecule has 0 saturated heterocycles.